The van der Waals surface area contributed by atoms with Crippen molar-refractivity contribution in [2.24, 2.45) is 5.92 Å². The molecule has 0 spiro atoms. The van der Waals surface area contributed by atoms with Gasteiger partial charge in [-0.3, -0.25) is 4.79 Å². The summed E-state index contributed by atoms with van der Waals surface area (Å²) in [6.07, 6.45) is 1.81. The normalized spacial score (nSPS) is 18.0. The molecule has 2 atom stereocenters. The molecule has 8 nitrogen and oxygen atoms in total. The van der Waals surface area contributed by atoms with Gasteiger partial charge in [-0.05, 0) is 57.4 Å². The van der Waals surface area contributed by atoms with E-state index >= 15 is 0 Å². The Labute approximate surface area is 210 Å². The molecule has 4 rings (SSSR count). The average Bonchev–Trinajstić information content (AvgIpc) is 3.11. The summed E-state index contributed by atoms with van der Waals surface area (Å²) in [5, 5.41) is -0.394. The van der Waals surface area contributed by atoms with Gasteiger partial charge >= 0.3 is 0 Å². The Morgan fingerprint density at radius 1 is 1.17 bits per heavy atom. The number of nitrogens with zero attached hydrogens (tertiary/aromatic N) is 3. The van der Waals surface area contributed by atoms with Crippen molar-refractivity contribution in [3.63, 3.8) is 0 Å². The number of nitrogens with one attached hydrogen (secondary N) is 1. The predicted octanol–water partition coefficient (Wildman–Crippen LogP) is 4.50. The molecule has 10 heteroatoms. The van der Waals surface area contributed by atoms with Crippen LogP contribution in [0.15, 0.2) is 65.8 Å². The van der Waals surface area contributed by atoms with Gasteiger partial charge in [-0.1, -0.05) is 31.2 Å². The van der Waals surface area contributed by atoms with Crippen LogP contribution in [0.1, 0.15) is 56.1 Å². The zero-order valence-corrected chi connectivity index (χ0v) is 21.4. The number of amides is 1. The average molecular weight is 513 g/mol. The third-order valence-corrected chi connectivity index (χ3v) is 8.05. The third-order valence-electron chi connectivity index (χ3n) is 6.82. The van der Waals surface area contributed by atoms with Gasteiger partial charge in [0.1, 0.15) is 17.7 Å². The highest BCUT2D eigenvalue weighted by Gasteiger charge is 2.40. The largest absolute Gasteiger partial charge is 0.470 e. The minimum Gasteiger partial charge on any atom is -0.470 e. The lowest BCUT2D eigenvalue weighted by molar-refractivity contribution is 0.0981. The molecular formula is C26H29FN4O4S. The van der Waals surface area contributed by atoms with E-state index in [2.05, 4.69) is 35.5 Å². The maximum Gasteiger partial charge on any atom is 0.281 e. The van der Waals surface area contributed by atoms with Crippen LogP contribution in [0.5, 0.6) is 5.88 Å². The maximum absolute atomic E-state index is 14.1. The first-order chi connectivity index (χ1) is 17.0. The first kappa shape index (κ1) is 25.6. The Bertz CT molecular complexity index is 1380. The molecule has 1 aromatic carbocycles. The minimum atomic E-state index is -4.33. The molecule has 3 heterocycles. The molecule has 0 radical (unpaired) electrons. The number of pyridine rings is 2. The SMILES string of the molecule is CC(Oc1cccc(S(=O)(=O)NC(=O)c2cccnc2N2CCC(C)C2(C)C)n1)c1ccccc1F. The Morgan fingerprint density at radius 2 is 1.92 bits per heavy atom. The van der Waals surface area contributed by atoms with Gasteiger partial charge in [0, 0.05) is 29.9 Å². The molecule has 1 saturated heterocycles. The first-order valence-electron chi connectivity index (χ1n) is 11.7. The van der Waals surface area contributed by atoms with E-state index in [-0.39, 0.29) is 17.0 Å². The lowest BCUT2D eigenvalue weighted by Gasteiger charge is -2.36. The number of aromatic nitrogens is 2. The Kier molecular flexibility index (Phi) is 6.99. The van der Waals surface area contributed by atoms with Crippen LogP contribution in [0, 0.1) is 11.7 Å². The first-order valence-corrected chi connectivity index (χ1v) is 13.2. The molecular weight excluding hydrogens is 483 g/mol. The number of rotatable bonds is 7. The zero-order valence-electron chi connectivity index (χ0n) is 20.6. The fourth-order valence-electron chi connectivity index (χ4n) is 4.29. The topological polar surface area (TPSA) is 101 Å². The smallest absolute Gasteiger partial charge is 0.281 e. The predicted molar refractivity (Wildman–Crippen MR) is 134 cm³/mol. The van der Waals surface area contributed by atoms with Gasteiger partial charge in [0.2, 0.25) is 5.88 Å². The molecule has 2 aromatic heterocycles. The molecule has 1 N–H and O–H groups in total. The fraction of sp³-hybridized carbons (Fsp3) is 0.346. The second kappa shape index (κ2) is 9.85. The molecule has 1 aliphatic heterocycles. The molecule has 1 amide bonds. The van der Waals surface area contributed by atoms with E-state index in [4.69, 9.17) is 4.74 Å². The van der Waals surface area contributed by atoms with Crippen LogP contribution < -0.4 is 14.4 Å². The highest BCUT2D eigenvalue weighted by molar-refractivity contribution is 7.90. The Hall–Kier alpha value is -3.53. The summed E-state index contributed by atoms with van der Waals surface area (Å²) in [7, 11) is -4.33. The number of benzene rings is 1. The van der Waals surface area contributed by atoms with E-state index in [1.807, 2.05) is 4.90 Å². The number of anilines is 1. The number of carbonyl (C=O) groups excluding carboxylic acids is 1. The van der Waals surface area contributed by atoms with Gasteiger partial charge < -0.3 is 9.64 Å². The highest BCUT2D eigenvalue weighted by atomic mass is 32.2. The number of ether oxygens (including phenoxy) is 1. The molecule has 3 aromatic rings. The quantitative estimate of drug-likeness (QED) is 0.497. The van der Waals surface area contributed by atoms with Crippen molar-refractivity contribution >= 4 is 21.7 Å². The number of carbonyl (C=O) groups is 1. The molecule has 1 aliphatic rings. The molecule has 36 heavy (non-hydrogen) atoms. The van der Waals surface area contributed by atoms with Crippen LogP contribution >= 0.6 is 0 Å². The molecule has 2 unspecified atom stereocenters. The molecule has 0 saturated carbocycles. The van der Waals surface area contributed by atoms with Crippen molar-refractivity contribution in [3.05, 3.63) is 77.7 Å². The van der Waals surface area contributed by atoms with E-state index in [9.17, 15) is 17.6 Å². The zero-order chi connectivity index (χ0) is 26.1. The van der Waals surface area contributed by atoms with E-state index in [0.717, 1.165) is 6.42 Å². The summed E-state index contributed by atoms with van der Waals surface area (Å²) in [4.78, 5) is 23.6. The Balaban J connectivity index is 1.55. The molecule has 0 aliphatic carbocycles. The summed E-state index contributed by atoms with van der Waals surface area (Å²) in [5.41, 5.74) is 0.220. The Morgan fingerprint density at radius 3 is 2.61 bits per heavy atom. The summed E-state index contributed by atoms with van der Waals surface area (Å²) >= 11 is 0. The maximum atomic E-state index is 14.1. The van der Waals surface area contributed by atoms with Crippen LogP contribution in [0.25, 0.3) is 0 Å². The number of halogens is 1. The second-order valence-electron chi connectivity index (χ2n) is 9.40. The third kappa shape index (κ3) is 5.04. The van der Waals surface area contributed by atoms with Gasteiger partial charge in [-0.15, -0.1) is 0 Å². The van der Waals surface area contributed by atoms with Crippen LogP contribution in [0.2, 0.25) is 0 Å². The van der Waals surface area contributed by atoms with Crippen molar-refractivity contribution in [1.82, 2.24) is 14.7 Å². The molecule has 190 valence electrons. The lowest BCUT2D eigenvalue weighted by Crippen LogP contribution is -2.43. The highest BCUT2D eigenvalue weighted by Crippen LogP contribution is 2.38. The van der Waals surface area contributed by atoms with Gasteiger partial charge in [0.05, 0.1) is 5.56 Å². The van der Waals surface area contributed by atoms with E-state index < -0.39 is 32.9 Å². The van der Waals surface area contributed by atoms with Crippen molar-refractivity contribution in [2.75, 3.05) is 11.4 Å². The summed E-state index contributed by atoms with van der Waals surface area (Å²) < 4.78 is 48.0. The molecule has 1 fully saturated rings. The summed E-state index contributed by atoms with van der Waals surface area (Å²) in [5.74, 6) is -0.456. The number of hydrogen-bond donors (Lipinski definition) is 1. The van der Waals surface area contributed by atoms with Crippen molar-refractivity contribution in [1.29, 1.82) is 0 Å². The van der Waals surface area contributed by atoms with Crippen LogP contribution in [-0.4, -0.2) is 36.4 Å². The van der Waals surface area contributed by atoms with Gasteiger partial charge in [-0.25, -0.2) is 14.1 Å². The standard InChI is InChI=1S/C26H29FN4O4S/c1-17-14-16-31(26(17,3)4)24-20(10-8-15-28-24)25(32)30-36(33,34)23-13-7-12-22(29-23)35-18(2)19-9-5-6-11-21(19)27/h5-13,15,17-18H,14,16H2,1-4H3,(H,30,32). The van der Waals surface area contributed by atoms with Crippen LogP contribution in [0.4, 0.5) is 10.2 Å². The van der Waals surface area contributed by atoms with Gasteiger partial charge in [0.15, 0.2) is 5.03 Å². The van der Waals surface area contributed by atoms with Crippen molar-refractivity contribution in [2.45, 2.75) is 50.8 Å². The van der Waals surface area contributed by atoms with Gasteiger partial charge in [-0.2, -0.15) is 13.4 Å². The lowest BCUT2D eigenvalue weighted by atomic mass is 9.90. The number of sulfonamides is 1. The fourth-order valence-corrected chi connectivity index (χ4v) is 5.21. The van der Waals surface area contributed by atoms with E-state index in [1.165, 1.54) is 24.3 Å². The summed E-state index contributed by atoms with van der Waals surface area (Å²) in [6.45, 7) is 8.64. The summed E-state index contributed by atoms with van der Waals surface area (Å²) in [6, 6.07) is 13.4. The van der Waals surface area contributed by atoms with E-state index in [1.54, 1.807) is 43.5 Å². The number of hydrogen-bond acceptors (Lipinski definition) is 7. The second-order valence-corrected chi connectivity index (χ2v) is 11.0. The van der Waals surface area contributed by atoms with Gasteiger partial charge in [0.25, 0.3) is 15.9 Å². The van der Waals surface area contributed by atoms with Crippen LogP contribution in [-0.2, 0) is 10.0 Å². The monoisotopic (exact) mass is 512 g/mol. The molecule has 0 bridgehead atoms. The van der Waals surface area contributed by atoms with Crippen LogP contribution in [0.3, 0.4) is 0 Å². The minimum absolute atomic E-state index is 0.0176. The van der Waals surface area contributed by atoms with E-state index in [0.29, 0.717) is 23.8 Å². The van der Waals surface area contributed by atoms with Crippen molar-refractivity contribution in [3.8, 4) is 5.88 Å². The van der Waals surface area contributed by atoms with Crippen molar-refractivity contribution < 1.29 is 22.3 Å².